The molecule has 0 atom stereocenters. The second-order valence-electron chi connectivity index (χ2n) is 5.97. The first-order chi connectivity index (χ1) is 13.2. The summed E-state index contributed by atoms with van der Waals surface area (Å²) in [5.41, 5.74) is 0.695. The Kier molecular flexibility index (Phi) is 7.12. The topological polar surface area (TPSA) is 67.9 Å². The maximum atomic E-state index is 12.0. The van der Waals surface area contributed by atoms with Gasteiger partial charge in [-0.15, -0.1) is 11.8 Å². The third-order valence-electron chi connectivity index (χ3n) is 3.94. The van der Waals surface area contributed by atoms with Crippen molar-refractivity contribution in [3.05, 3.63) is 54.6 Å². The molecule has 0 bridgehead atoms. The highest BCUT2D eigenvalue weighted by atomic mass is 32.2. The lowest BCUT2D eigenvalue weighted by Gasteiger charge is -2.26. The molecule has 6 nitrogen and oxygen atoms in total. The van der Waals surface area contributed by atoms with Gasteiger partial charge in [0, 0.05) is 18.8 Å². The molecule has 0 saturated carbocycles. The van der Waals surface area contributed by atoms with E-state index in [4.69, 9.17) is 9.47 Å². The minimum absolute atomic E-state index is 0.0542. The lowest BCUT2D eigenvalue weighted by molar-refractivity contribution is -0.132. The number of nitrogens with one attached hydrogen (secondary N) is 1. The third-order valence-corrected chi connectivity index (χ3v) is 4.86. The molecule has 2 aromatic carbocycles. The zero-order valence-electron chi connectivity index (χ0n) is 14.9. The van der Waals surface area contributed by atoms with E-state index in [1.807, 2.05) is 30.3 Å². The molecule has 1 N–H and O–H groups in total. The summed E-state index contributed by atoms with van der Waals surface area (Å²) in [7, 11) is 0. The van der Waals surface area contributed by atoms with Gasteiger partial charge in [0.05, 0.1) is 24.7 Å². The number of hydrogen-bond donors (Lipinski definition) is 1. The zero-order chi connectivity index (χ0) is 18.9. The van der Waals surface area contributed by atoms with E-state index < -0.39 is 0 Å². The molecule has 2 aromatic rings. The molecule has 1 heterocycles. The fourth-order valence-electron chi connectivity index (χ4n) is 2.56. The summed E-state index contributed by atoms with van der Waals surface area (Å²) in [6.45, 7) is 2.42. The van der Waals surface area contributed by atoms with Crippen LogP contribution in [-0.4, -0.2) is 54.5 Å². The highest BCUT2D eigenvalue weighted by molar-refractivity contribution is 8.00. The van der Waals surface area contributed by atoms with Crippen molar-refractivity contribution in [2.75, 3.05) is 43.1 Å². The summed E-state index contributed by atoms with van der Waals surface area (Å²) in [6, 6.07) is 16.7. The van der Waals surface area contributed by atoms with Crippen molar-refractivity contribution in [1.29, 1.82) is 0 Å². The number of hydrogen-bond acceptors (Lipinski definition) is 5. The molecule has 0 aliphatic carbocycles. The number of benzene rings is 2. The van der Waals surface area contributed by atoms with Gasteiger partial charge in [-0.05, 0) is 36.4 Å². The van der Waals surface area contributed by atoms with Gasteiger partial charge in [-0.3, -0.25) is 9.59 Å². The fraction of sp³-hybridized carbons (Fsp3) is 0.300. The summed E-state index contributed by atoms with van der Waals surface area (Å²) >= 11 is 1.32. The van der Waals surface area contributed by atoms with Gasteiger partial charge >= 0.3 is 0 Å². The Hall–Kier alpha value is -2.51. The van der Waals surface area contributed by atoms with Crippen molar-refractivity contribution in [1.82, 2.24) is 4.90 Å². The smallest absolute Gasteiger partial charge is 0.234 e. The first kappa shape index (κ1) is 19.3. The Morgan fingerprint density at radius 1 is 0.963 bits per heavy atom. The van der Waals surface area contributed by atoms with Crippen molar-refractivity contribution in [3.63, 3.8) is 0 Å². The number of nitrogens with zero attached hydrogens (tertiary/aromatic N) is 1. The van der Waals surface area contributed by atoms with E-state index in [0.29, 0.717) is 43.5 Å². The van der Waals surface area contributed by atoms with Crippen molar-refractivity contribution < 1.29 is 19.1 Å². The van der Waals surface area contributed by atoms with Gasteiger partial charge in [0.2, 0.25) is 11.8 Å². The van der Waals surface area contributed by atoms with Crippen LogP contribution >= 0.6 is 11.8 Å². The van der Waals surface area contributed by atoms with Gasteiger partial charge in [-0.2, -0.15) is 0 Å². The number of morpholine rings is 1. The molecule has 7 heteroatoms. The highest BCUT2D eigenvalue weighted by Crippen LogP contribution is 2.22. The monoisotopic (exact) mass is 386 g/mol. The van der Waals surface area contributed by atoms with Crippen LogP contribution in [0.5, 0.6) is 11.5 Å². The Labute approximate surface area is 162 Å². The van der Waals surface area contributed by atoms with Crippen LogP contribution in [-0.2, 0) is 14.3 Å². The molecule has 3 rings (SSSR count). The lowest BCUT2D eigenvalue weighted by atomic mass is 10.3. The van der Waals surface area contributed by atoms with E-state index in [2.05, 4.69) is 5.32 Å². The molecule has 27 heavy (non-hydrogen) atoms. The number of carbonyl (C=O) groups is 2. The molecule has 0 spiro atoms. The normalized spacial score (nSPS) is 13.9. The van der Waals surface area contributed by atoms with Gasteiger partial charge in [0.25, 0.3) is 0 Å². The van der Waals surface area contributed by atoms with Crippen LogP contribution in [0.25, 0.3) is 0 Å². The maximum Gasteiger partial charge on any atom is 0.234 e. The Bertz CT molecular complexity index is 746. The molecular weight excluding hydrogens is 364 g/mol. The third kappa shape index (κ3) is 6.30. The zero-order valence-corrected chi connectivity index (χ0v) is 15.7. The van der Waals surface area contributed by atoms with E-state index in [1.165, 1.54) is 11.8 Å². The number of amides is 2. The average Bonchev–Trinajstić information content (AvgIpc) is 2.71. The number of para-hydroxylation sites is 1. The molecule has 2 amide bonds. The van der Waals surface area contributed by atoms with Gasteiger partial charge in [-0.1, -0.05) is 18.2 Å². The fourth-order valence-corrected chi connectivity index (χ4v) is 3.28. The molecule has 0 unspecified atom stereocenters. The van der Waals surface area contributed by atoms with Gasteiger partial charge < -0.3 is 19.7 Å². The summed E-state index contributed by atoms with van der Waals surface area (Å²) in [5, 5.41) is 2.83. The van der Waals surface area contributed by atoms with Crippen LogP contribution in [0.15, 0.2) is 54.6 Å². The number of rotatable bonds is 7. The second-order valence-corrected chi connectivity index (χ2v) is 6.96. The van der Waals surface area contributed by atoms with E-state index in [9.17, 15) is 9.59 Å². The van der Waals surface area contributed by atoms with Crippen molar-refractivity contribution in [2.24, 2.45) is 0 Å². The molecule has 0 radical (unpaired) electrons. The number of ether oxygens (including phenoxy) is 2. The first-order valence-corrected chi connectivity index (χ1v) is 9.92. The van der Waals surface area contributed by atoms with Crippen LogP contribution in [0.4, 0.5) is 5.69 Å². The lowest BCUT2D eigenvalue weighted by Crippen LogP contribution is -2.41. The predicted octanol–water partition coefficient (Wildman–Crippen LogP) is 3.01. The van der Waals surface area contributed by atoms with E-state index in [0.717, 1.165) is 5.75 Å². The summed E-state index contributed by atoms with van der Waals surface area (Å²) in [4.78, 5) is 25.8. The Balaban J connectivity index is 1.39. The van der Waals surface area contributed by atoms with Crippen LogP contribution in [0.2, 0.25) is 0 Å². The number of carbonyl (C=O) groups excluding carboxylic acids is 2. The molecule has 0 aromatic heterocycles. The summed E-state index contributed by atoms with van der Waals surface area (Å²) < 4.78 is 10.9. The minimum atomic E-state index is -0.133. The summed E-state index contributed by atoms with van der Waals surface area (Å²) in [5.74, 6) is 1.92. The molecule has 1 aliphatic rings. The second kappa shape index (κ2) is 9.99. The first-order valence-electron chi connectivity index (χ1n) is 8.77. The van der Waals surface area contributed by atoms with Crippen molar-refractivity contribution in [3.8, 4) is 11.5 Å². The average molecular weight is 386 g/mol. The molecular formula is C20H22N2O4S. The van der Waals surface area contributed by atoms with Gasteiger partial charge in [0.1, 0.15) is 11.5 Å². The number of thioether (sulfide) groups is 1. The maximum absolute atomic E-state index is 12.0. The van der Waals surface area contributed by atoms with Crippen molar-refractivity contribution >= 4 is 29.3 Å². The largest absolute Gasteiger partial charge is 0.457 e. The SMILES string of the molecule is O=C(CSCC(=O)N1CCOCC1)Nc1ccc(Oc2ccccc2)cc1. The molecule has 1 fully saturated rings. The quantitative estimate of drug-likeness (QED) is 0.792. The van der Waals surface area contributed by atoms with E-state index in [1.54, 1.807) is 29.2 Å². The van der Waals surface area contributed by atoms with E-state index >= 15 is 0 Å². The van der Waals surface area contributed by atoms with Crippen LogP contribution in [0.1, 0.15) is 0 Å². The molecule has 1 aliphatic heterocycles. The summed E-state index contributed by atoms with van der Waals surface area (Å²) in [6.07, 6.45) is 0. The van der Waals surface area contributed by atoms with Crippen LogP contribution in [0, 0.1) is 0 Å². The Morgan fingerprint density at radius 2 is 1.63 bits per heavy atom. The molecule has 142 valence electrons. The van der Waals surface area contributed by atoms with Gasteiger partial charge in [-0.25, -0.2) is 0 Å². The van der Waals surface area contributed by atoms with E-state index in [-0.39, 0.29) is 17.6 Å². The number of anilines is 1. The Morgan fingerprint density at radius 3 is 2.33 bits per heavy atom. The van der Waals surface area contributed by atoms with Crippen molar-refractivity contribution in [2.45, 2.75) is 0 Å². The van der Waals surface area contributed by atoms with Gasteiger partial charge in [0.15, 0.2) is 0 Å². The molecule has 1 saturated heterocycles. The van der Waals surface area contributed by atoms with Crippen LogP contribution in [0.3, 0.4) is 0 Å². The predicted molar refractivity (Wildman–Crippen MR) is 106 cm³/mol. The standard InChI is InChI=1S/C20H22N2O4S/c23-19(14-27-15-20(24)22-10-12-25-13-11-22)21-16-6-8-18(9-7-16)26-17-4-2-1-3-5-17/h1-9H,10-15H2,(H,21,23). The van der Waals surface area contributed by atoms with Crippen LogP contribution < -0.4 is 10.1 Å². The highest BCUT2D eigenvalue weighted by Gasteiger charge is 2.16. The minimum Gasteiger partial charge on any atom is -0.457 e.